The van der Waals surface area contributed by atoms with Gasteiger partial charge in [0.25, 0.3) is 0 Å². The molecule has 0 bridgehead atoms. The van der Waals surface area contributed by atoms with E-state index < -0.39 is 5.82 Å². The number of hydrogen-bond donors (Lipinski definition) is 2. The SMILES string of the molecule is CC(C)C[C@H](c1cc(Cl)cc(F)c1O)N1CCNCC1.Cl.Cl. The fourth-order valence-corrected chi connectivity index (χ4v) is 2.97. The van der Waals surface area contributed by atoms with Crippen LogP contribution in [-0.4, -0.2) is 36.2 Å². The first-order valence-corrected chi connectivity index (χ1v) is 7.49. The van der Waals surface area contributed by atoms with Gasteiger partial charge in [-0.25, -0.2) is 4.39 Å². The van der Waals surface area contributed by atoms with Crippen LogP contribution in [0.5, 0.6) is 5.75 Å². The van der Waals surface area contributed by atoms with Crippen molar-refractivity contribution in [3.63, 3.8) is 0 Å². The van der Waals surface area contributed by atoms with Crippen molar-refractivity contribution in [1.82, 2.24) is 10.2 Å². The zero-order chi connectivity index (χ0) is 14.7. The van der Waals surface area contributed by atoms with E-state index in [2.05, 4.69) is 24.1 Å². The van der Waals surface area contributed by atoms with E-state index >= 15 is 0 Å². The summed E-state index contributed by atoms with van der Waals surface area (Å²) in [5.41, 5.74) is 0.602. The zero-order valence-electron chi connectivity index (χ0n) is 12.8. The Morgan fingerprint density at radius 3 is 2.41 bits per heavy atom. The molecule has 2 rings (SSSR count). The number of benzene rings is 1. The van der Waals surface area contributed by atoms with Crippen LogP contribution >= 0.6 is 36.4 Å². The summed E-state index contributed by atoms with van der Waals surface area (Å²) in [5.74, 6) is -0.452. The van der Waals surface area contributed by atoms with Gasteiger partial charge in [-0.2, -0.15) is 0 Å². The number of nitrogens with zero attached hydrogens (tertiary/aromatic N) is 1. The molecule has 1 aromatic carbocycles. The molecule has 1 fully saturated rings. The van der Waals surface area contributed by atoms with E-state index in [9.17, 15) is 9.50 Å². The molecule has 0 amide bonds. The standard InChI is InChI=1S/C15H22ClFN2O.2ClH/c1-10(2)7-14(19-5-3-18-4-6-19)12-8-11(16)9-13(17)15(12)20;;/h8-10,14,18,20H,3-7H2,1-2H3;2*1H/t14-;;/m1../s1. The first-order chi connectivity index (χ1) is 9.49. The van der Waals surface area contributed by atoms with Gasteiger partial charge in [0.1, 0.15) is 0 Å². The number of phenols is 1. The summed E-state index contributed by atoms with van der Waals surface area (Å²) < 4.78 is 13.7. The number of piperazine rings is 1. The van der Waals surface area contributed by atoms with Gasteiger partial charge < -0.3 is 10.4 Å². The molecule has 0 saturated carbocycles. The van der Waals surface area contributed by atoms with E-state index in [1.807, 2.05) is 0 Å². The molecule has 1 saturated heterocycles. The molecular formula is C15H24Cl3FN2O. The zero-order valence-corrected chi connectivity index (χ0v) is 15.2. The lowest BCUT2D eigenvalue weighted by atomic mass is 9.94. The minimum atomic E-state index is -0.642. The van der Waals surface area contributed by atoms with E-state index in [0.29, 0.717) is 16.5 Å². The maximum Gasteiger partial charge on any atom is 0.166 e. The maximum atomic E-state index is 13.7. The van der Waals surface area contributed by atoms with E-state index in [1.165, 1.54) is 0 Å². The smallest absolute Gasteiger partial charge is 0.166 e. The van der Waals surface area contributed by atoms with Gasteiger partial charge in [-0.15, -0.1) is 24.8 Å². The van der Waals surface area contributed by atoms with Gasteiger partial charge in [0.15, 0.2) is 11.6 Å². The predicted molar refractivity (Wildman–Crippen MR) is 94.2 cm³/mol. The molecule has 2 N–H and O–H groups in total. The molecule has 1 aromatic rings. The second kappa shape index (κ2) is 9.78. The fourth-order valence-electron chi connectivity index (χ4n) is 2.75. The van der Waals surface area contributed by atoms with Gasteiger partial charge in [0.2, 0.25) is 0 Å². The molecule has 3 nitrogen and oxygen atoms in total. The Balaban J connectivity index is 0.00000220. The molecule has 7 heteroatoms. The van der Waals surface area contributed by atoms with Crippen molar-refractivity contribution in [2.24, 2.45) is 5.92 Å². The van der Waals surface area contributed by atoms with Crippen LogP contribution < -0.4 is 5.32 Å². The van der Waals surface area contributed by atoms with Crippen LogP contribution in [-0.2, 0) is 0 Å². The van der Waals surface area contributed by atoms with Crippen LogP contribution in [0.2, 0.25) is 5.02 Å². The fraction of sp³-hybridized carbons (Fsp3) is 0.600. The Bertz CT molecular complexity index is 468. The maximum absolute atomic E-state index is 13.7. The minimum absolute atomic E-state index is 0. The van der Waals surface area contributed by atoms with Gasteiger partial charge in [0.05, 0.1) is 0 Å². The van der Waals surface area contributed by atoms with Crippen LogP contribution in [0.4, 0.5) is 4.39 Å². The molecule has 0 radical (unpaired) electrons. The van der Waals surface area contributed by atoms with Gasteiger partial charge in [-0.3, -0.25) is 4.90 Å². The van der Waals surface area contributed by atoms with Crippen molar-refractivity contribution in [2.45, 2.75) is 26.3 Å². The highest BCUT2D eigenvalue weighted by Gasteiger charge is 2.26. The Morgan fingerprint density at radius 1 is 1.27 bits per heavy atom. The van der Waals surface area contributed by atoms with Crippen molar-refractivity contribution in [1.29, 1.82) is 0 Å². The van der Waals surface area contributed by atoms with Crippen LogP contribution in [0.25, 0.3) is 0 Å². The summed E-state index contributed by atoms with van der Waals surface area (Å²) in [6, 6.07) is 2.85. The van der Waals surface area contributed by atoms with E-state index in [-0.39, 0.29) is 36.6 Å². The van der Waals surface area contributed by atoms with Gasteiger partial charge >= 0.3 is 0 Å². The Morgan fingerprint density at radius 2 is 1.86 bits per heavy atom. The van der Waals surface area contributed by atoms with Crippen molar-refractivity contribution in [3.05, 3.63) is 28.5 Å². The molecule has 1 heterocycles. The highest BCUT2D eigenvalue weighted by molar-refractivity contribution is 6.30. The quantitative estimate of drug-likeness (QED) is 0.836. The highest BCUT2D eigenvalue weighted by atomic mass is 35.5. The topological polar surface area (TPSA) is 35.5 Å². The van der Waals surface area contributed by atoms with Crippen molar-refractivity contribution >= 4 is 36.4 Å². The van der Waals surface area contributed by atoms with Crippen LogP contribution in [0.15, 0.2) is 12.1 Å². The number of halogens is 4. The second-order valence-corrected chi connectivity index (χ2v) is 6.19. The van der Waals surface area contributed by atoms with Crippen LogP contribution in [0.1, 0.15) is 31.9 Å². The number of phenolic OH excluding ortho intramolecular Hbond substituents is 1. The summed E-state index contributed by atoms with van der Waals surface area (Å²) in [7, 11) is 0. The summed E-state index contributed by atoms with van der Waals surface area (Å²) in [4.78, 5) is 2.29. The number of rotatable bonds is 4. The summed E-state index contributed by atoms with van der Waals surface area (Å²) in [6.07, 6.45) is 0.868. The molecule has 0 unspecified atom stereocenters. The first-order valence-electron chi connectivity index (χ1n) is 7.11. The van der Waals surface area contributed by atoms with Crippen molar-refractivity contribution < 1.29 is 9.50 Å². The van der Waals surface area contributed by atoms with Crippen molar-refractivity contribution in [3.8, 4) is 5.75 Å². The lowest BCUT2D eigenvalue weighted by molar-refractivity contribution is 0.151. The average Bonchev–Trinajstić information content (AvgIpc) is 2.41. The van der Waals surface area contributed by atoms with E-state index in [4.69, 9.17) is 11.6 Å². The predicted octanol–water partition coefficient (Wildman–Crippen LogP) is 4.02. The lowest BCUT2D eigenvalue weighted by Crippen LogP contribution is -2.45. The average molecular weight is 374 g/mol. The molecule has 0 spiro atoms. The van der Waals surface area contributed by atoms with Gasteiger partial charge in [-0.1, -0.05) is 25.4 Å². The molecular weight excluding hydrogens is 350 g/mol. The molecule has 128 valence electrons. The molecule has 0 aromatic heterocycles. The number of nitrogens with one attached hydrogen (secondary N) is 1. The Kier molecular flexibility index (Phi) is 9.67. The Labute approximate surface area is 149 Å². The number of aromatic hydroxyl groups is 1. The van der Waals surface area contributed by atoms with Crippen LogP contribution in [0.3, 0.4) is 0 Å². The molecule has 22 heavy (non-hydrogen) atoms. The molecule has 0 aliphatic carbocycles. The van der Waals surface area contributed by atoms with Crippen molar-refractivity contribution in [2.75, 3.05) is 26.2 Å². The third-order valence-corrected chi connectivity index (χ3v) is 3.92. The monoisotopic (exact) mass is 372 g/mol. The molecule has 1 aliphatic heterocycles. The molecule has 1 atom stereocenters. The third-order valence-electron chi connectivity index (χ3n) is 3.70. The van der Waals surface area contributed by atoms with Gasteiger partial charge in [-0.05, 0) is 24.5 Å². The first kappa shape index (κ1) is 21.7. The Hall–Kier alpha value is -0.260. The highest BCUT2D eigenvalue weighted by Crippen LogP contribution is 2.37. The van der Waals surface area contributed by atoms with Gasteiger partial charge in [0, 0.05) is 42.8 Å². The summed E-state index contributed by atoms with van der Waals surface area (Å²) in [6.45, 7) is 7.88. The third kappa shape index (κ3) is 5.43. The summed E-state index contributed by atoms with van der Waals surface area (Å²) >= 11 is 5.96. The minimum Gasteiger partial charge on any atom is -0.505 e. The van der Waals surface area contributed by atoms with E-state index in [1.54, 1.807) is 6.07 Å². The summed E-state index contributed by atoms with van der Waals surface area (Å²) in [5, 5.41) is 13.7. The second-order valence-electron chi connectivity index (χ2n) is 5.76. The lowest BCUT2D eigenvalue weighted by Gasteiger charge is -2.36. The normalized spacial score (nSPS) is 16.8. The number of hydrogen-bond acceptors (Lipinski definition) is 3. The van der Waals surface area contributed by atoms with Crippen LogP contribution in [0, 0.1) is 11.7 Å². The van der Waals surface area contributed by atoms with E-state index in [0.717, 1.165) is 38.7 Å². The largest absolute Gasteiger partial charge is 0.505 e. The molecule has 1 aliphatic rings.